The predicted molar refractivity (Wildman–Crippen MR) is 67.5 cm³/mol. The van der Waals surface area contributed by atoms with Crippen molar-refractivity contribution < 1.29 is 9.59 Å². The van der Waals surface area contributed by atoms with E-state index in [-0.39, 0.29) is 18.2 Å². The molecule has 1 aliphatic rings. The zero-order valence-corrected chi connectivity index (χ0v) is 11.0. The second-order valence-electron chi connectivity index (χ2n) is 4.94. The van der Waals surface area contributed by atoms with Crippen LogP contribution in [0.4, 0.5) is 0 Å². The van der Waals surface area contributed by atoms with Crippen LogP contribution in [0.3, 0.4) is 0 Å². The van der Waals surface area contributed by atoms with Crippen LogP contribution < -0.4 is 5.32 Å². The number of nitrogens with one attached hydrogen (secondary N) is 1. The van der Waals surface area contributed by atoms with Crippen LogP contribution in [0.1, 0.15) is 46.0 Å². The average molecular weight is 240 g/mol. The fourth-order valence-corrected chi connectivity index (χ4v) is 1.97. The van der Waals surface area contributed by atoms with E-state index in [2.05, 4.69) is 19.2 Å². The van der Waals surface area contributed by atoms with Gasteiger partial charge in [-0.15, -0.1) is 0 Å². The molecule has 0 bridgehead atoms. The van der Waals surface area contributed by atoms with Crippen LogP contribution in [0.25, 0.3) is 0 Å². The fourth-order valence-electron chi connectivity index (χ4n) is 1.97. The summed E-state index contributed by atoms with van der Waals surface area (Å²) in [5, 5.41) is 2.78. The molecule has 1 N–H and O–H groups in total. The Balaban J connectivity index is 2.21. The maximum Gasteiger partial charge on any atom is 0.232 e. The van der Waals surface area contributed by atoms with Crippen molar-refractivity contribution in [3.8, 4) is 0 Å². The van der Waals surface area contributed by atoms with Gasteiger partial charge in [0.25, 0.3) is 0 Å². The third-order valence-electron chi connectivity index (χ3n) is 3.30. The largest absolute Gasteiger partial charge is 0.356 e. The number of likely N-dealkylation sites (tertiary alicyclic amines) is 1. The number of amides is 2. The Bertz CT molecular complexity index is 258. The molecule has 1 heterocycles. The molecule has 98 valence electrons. The highest BCUT2D eigenvalue weighted by Crippen LogP contribution is 2.16. The molecule has 2 amide bonds. The van der Waals surface area contributed by atoms with Gasteiger partial charge < -0.3 is 10.2 Å². The van der Waals surface area contributed by atoms with Crippen molar-refractivity contribution in [3.05, 3.63) is 0 Å². The number of unbranched alkanes of at least 4 members (excludes halogenated alkanes) is 1. The van der Waals surface area contributed by atoms with Crippen molar-refractivity contribution in [2.45, 2.75) is 46.0 Å². The second-order valence-corrected chi connectivity index (χ2v) is 4.94. The molecule has 1 fully saturated rings. The van der Waals surface area contributed by atoms with Crippen LogP contribution in [-0.4, -0.2) is 36.3 Å². The monoisotopic (exact) mass is 240 g/mol. The first-order chi connectivity index (χ1) is 8.13. The summed E-state index contributed by atoms with van der Waals surface area (Å²) >= 11 is 0. The summed E-state index contributed by atoms with van der Waals surface area (Å²) in [5.41, 5.74) is 0. The maximum atomic E-state index is 11.8. The van der Waals surface area contributed by atoms with Gasteiger partial charge in [-0.2, -0.15) is 0 Å². The van der Waals surface area contributed by atoms with Crippen molar-refractivity contribution in [1.29, 1.82) is 0 Å². The van der Waals surface area contributed by atoms with Crippen molar-refractivity contribution in [1.82, 2.24) is 10.2 Å². The molecule has 1 aliphatic heterocycles. The topological polar surface area (TPSA) is 49.4 Å². The molecule has 0 radical (unpaired) electrons. The molecule has 1 rings (SSSR count). The molecule has 0 aromatic heterocycles. The summed E-state index contributed by atoms with van der Waals surface area (Å²) in [6, 6.07) is 0. The molecule has 0 aromatic rings. The van der Waals surface area contributed by atoms with Crippen LogP contribution in [0.2, 0.25) is 0 Å². The maximum absolute atomic E-state index is 11.8. The summed E-state index contributed by atoms with van der Waals surface area (Å²) < 4.78 is 0. The highest BCUT2D eigenvalue weighted by Gasteiger charge is 2.21. The molecule has 0 atom stereocenters. The molecule has 0 aliphatic carbocycles. The van der Waals surface area contributed by atoms with Gasteiger partial charge in [0.1, 0.15) is 6.42 Å². The Hall–Kier alpha value is -1.06. The van der Waals surface area contributed by atoms with Gasteiger partial charge in [-0.05, 0) is 25.2 Å². The normalized spacial score (nSPS) is 16.9. The molecule has 4 nitrogen and oxygen atoms in total. The van der Waals surface area contributed by atoms with E-state index in [4.69, 9.17) is 0 Å². The van der Waals surface area contributed by atoms with Crippen molar-refractivity contribution in [2.24, 2.45) is 5.92 Å². The van der Waals surface area contributed by atoms with Crippen LogP contribution in [0.5, 0.6) is 0 Å². The first-order valence-electron chi connectivity index (χ1n) is 6.68. The highest BCUT2D eigenvalue weighted by molar-refractivity contribution is 5.96. The first kappa shape index (κ1) is 14.0. The number of nitrogens with zero attached hydrogens (tertiary/aromatic N) is 1. The summed E-state index contributed by atoms with van der Waals surface area (Å²) in [7, 11) is 0. The van der Waals surface area contributed by atoms with Gasteiger partial charge in [0, 0.05) is 19.6 Å². The van der Waals surface area contributed by atoms with E-state index in [1.807, 2.05) is 4.90 Å². The number of piperidine rings is 1. The van der Waals surface area contributed by atoms with Gasteiger partial charge in [-0.1, -0.05) is 20.3 Å². The minimum atomic E-state index is -0.137. The third kappa shape index (κ3) is 5.20. The predicted octanol–water partition coefficient (Wildman–Crippen LogP) is 1.55. The third-order valence-corrected chi connectivity index (χ3v) is 3.30. The Morgan fingerprint density at radius 3 is 2.53 bits per heavy atom. The molecule has 0 aromatic carbocycles. The summed E-state index contributed by atoms with van der Waals surface area (Å²) in [5.74, 6) is 0.547. The van der Waals surface area contributed by atoms with Gasteiger partial charge in [-0.3, -0.25) is 9.59 Å². The first-order valence-corrected chi connectivity index (χ1v) is 6.68. The Labute approximate surface area is 104 Å². The van der Waals surface area contributed by atoms with Crippen molar-refractivity contribution >= 4 is 11.8 Å². The molecule has 0 saturated carbocycles. The standard InChI is InChI=1S/C13H24N2O2/c1-3-4-7-14-12(16)10-13(17)15-8-5-11(2)6-9-15/h11H,3-10H2,1-2H3,(H,14,16). The van der Waals surface area contributed by atoms with Gasteiger partial charge in [0.05, 0.1) is 0 Å². The minimum Gasteiger partial charge on any atom is -0.356 e. The molecule has 0 spiro atoms. The van der Waals surface area contributed by atoms with Crippen LogP contribution in [-0.2, 0) is 9.59 Å². The van der Waals surface area contributed by atoms with E-state index < -0.39 is 0 Å². The lowest BCUT2D eigenvalue weighted by Crippen LogP contribution is -2.40. The van der Waals surface area contributed by atoms with E-state index in [9.17, 15) is 9.59 Å². The molecule has 17 heavy (non-hydrogen) atoms. The van der Waals surface area contributed by atoms with E-state index >= 15 is 0 Å². The Morgan fingerprint density at radius 2 is 1.94 bits per heavy atom. The van der Waals surface area contributed by atoms with E-state index in [1.54, 1.807) is 0 Å². The summed E-state index contributed by atoms with van der Waals surface area (Å²) in [6.45, 7) is 6.58. The van der Waals surface area contributed by atoms with Crippen molar-refractivity contribution in [3.63, 3.8) is 0 Å². The van der Waals surface area contributed by atoms with Gasteiger partial charge in [0.15, 0.2) is 0 Å². The van der Waals surface area contributed by atoms with Crippen LogP contribution in [0, 0.1) is 5.92 Å². The lowest BCUT2D eigenvalue weighted by Gasteiger charge is -2.30. The molecule has 0 unspecified atom stereocenters. The molecular weight excluding hydrogens is 216 g/mol. The quantitative estimate of drug-likeness (QED) is 0.585. The van der Waals surface area contributed by atoms with Gasteiger partial charge >= 0.3 is 0 Å². The molecular formula is C13H24N2O2. The number of carbonyl (C=O) groups excluding carboxylic acids is 2. The molecule has 1 saturated heterocycles. The Morgan fingerprint density at radius 1 is 1.29 bits per heavy atom. The summed E-state index contributed by atoms with van der Waals surface area (Å²) in [4.78, 5) is 25.1. The fraction of sp³-hybridized carbons (Fsp3) is 0.846. The van der Waals surface area contributed by atoms with E-state index in [1.165, 1.54) is 0 Å². The number of hydrogen-bond acceptors (Lipinski definition) is 2. The van der Waals surface area contributed by atoms with Crippen LogP contribution >= 0.6 is 0 Å². The SMILES string of the molecule is CCCCNC(=O)CC(=O)N1CCC(C)CC1. The lowest BCUT2D eigenvalue weighted by molar-refractivity contribution is -0.137. The van der Waals surface area contributed by atoms with Crippen LogP contribution in [0.15, 0.2) is 0 Å². The van der Waals surface area contributed by atoms with E-state index in [0.717, 1.165) is 38.8 Å². The Kier molecular flexibility index (Phi) is 6.01. The summed E-state index contributed by atoms with van der Waals surface area (Å²) in [6.07, 6.45) is 4.16. The van der Waals surface area contributed by atoms with Gasteiger partial charge in [0.2, 0.25) is 11.8 Å². The van der Waals surface area contributed by atoms with Gasteiger partial charge in [-0.25, -0.2) is 0 Å². The smallest absolute Gasteiger partial charge is 0.232 e. The zero-order valence-electron chi connectivity index (χ0n) is 11.0. The second kappa shape index (κ2) is 7.30. The molecule has 4 heteroatoms. The number of rotatable bonds is 5. The van der Waals surface area contributed by atoms with Crippen molar-refractivity contribution in [2.75, 3.05) is 19.6 Å². The zero-order chi connectivity index (χ0) is 12.7. The number of carbonyl (C=O) groups is 2. The minimum absolute atomic E-state index is 0.0120. The highest BCUT2D eigenvalue weighted by atomic mass is 16.2. The number of hydrogen-bond donors (Lipinski definition) is 1. The lowest BCUT2D eigenvalue weighted by atomic mass is 9.99. The average Bonchev–Trinajstić information content (AvgIpc) is 2.30. The van der Waals surface area contributed by atoms with E-state index in [0.29, 0.717) is 12.5 Å².